The molecule has 86 valence electrons. The van der Waals surface area contributed by atoms with Crippen molar-refractivity contribution in [2.75, 3.05) is 5.75 Å². The van der Waals surface area contributed by atoms with Gasteiger partial charge in [0.25, 0.3) is 0 Å². The van der Waals surface area contributed by atoms with E-state index < -0.39 is 9.84 Å². The van der Waals surface area contributed by atoms with Crippen LogP contribution in [0.15, 0.2) is 0 Å². The van der Waals surface area contributed by atoms with Crippen molar-refractivity contribution < 1.29 is 8.42 Å². The summed E-state index contributed by atoms with van der Waals surface area (Å²) in [6.45, 7) is 11.9. The summed E-state index contributed by atoms with van der Waals surface area (Å²) in [6, 6.07) is 0. The fraction of sp³-hybridized carbons (Fsp3) is 1.00. The maximum atomic E-state index is 11.7. The smallest absolute Gasteiger partial charge is 0.152 e. The molecule has 14 heavy (non-hydrogen) atoms. The highest BCUT2D eigenvalue weighted by Gasteiger charge is 2.29. The highest BCUT2D eigenvalue weighted by molar-refractivity contribution is 7.91. The van der Waals surface area contributed by atoms with Gasteiger partial charge in [0.1, 0.15) is 0 Å². The van der Waals surface area contributed by atoms with Crippen LogP contribution in [0.2, 0.25) is 0 Å². The van der Waals surface area contributed by atoms with Gasteiger partial charge in [0.15, 0.2) is 9.84 Å². The third-order valence-electron chi connectivity index (χ3n) is 2.87. The molecular weight excluding hydrogens is 196 g/mol. The van der Waals surface area contributed by atoms with Crippen LogP contribution in [0.5, 0.6) is 0 Å². The minimum atomic E-state index is -2.89. The number of sulfone groups is 1. The van der Waals surface area contributed by atoms with Crippen molar-refractivity contribution in [3.63, 3.8) is 0 Å². The molecule has 0 rings (SSSR count). The predicted octanol–water partition coefficient (Wildman–Crippen LogP) is 2.88. The molecule has 0 aromatic rings. The first kappa shape index (κ1) is 13.9. The molecule has 1 atom stereocenters. The van der Waals surface area contributed by atoms with E-state index in [0.717, 1.165) is 6.42 Å². The Morgan fingerprint density at radius 2 is 1.57 bits per heavy atom. The molecule has 0 saturated heterocycles. The second kappa shape index (κ2) is 4.65. The van der Waals surface area contributed by atoms with Gasteiger partial charge in [0.2, 0.25) is 0 Å². The normalized spacial score (nSPS) is 15.9. The van der Waals surface area contributed by atoms with Crippen LogP contribution in [-0.2, 0) is 9.84 Å². The molecule has 0 aliphatic rings. The Balaban J connectivity index is 4.65. The van der Waals surface area contributed by atoms with Crippen LogP contribution in [-0.4, -0.2) is 19.4 Å². The summed E-state index contributed by atoms with van der Waals surface area (Å²) in [7, 11) is -2.89. The number of hydrogen-bond donors (Lipinski definition) is 0. The lowest BCUT2D eigenvalue weighted by Gasteiger charge is -2.30. The van der Waals surface area contributed by atoms with Crippen molar-refractivity contribution in [3.8, 4) is 0 Å². The lowest BCUT2D eigenvalue weighted by atomic mass is 9.80. The molecule has 0 N–H and O–H groups in total. The Labute approximate surface area is 89.0 Å². The molecule has 0 aliphatic heterocycles. The molecule has 0 aliphatic carbocycles. The zero-order valence-corrected chi connectivity index (χ0v) is 11.1. The third-order valence-corrected chi connectivity index (χ3v) is 5.17. The van der Waals surface area contributed by atoms with E-state index in [1.807, 2.05) is 0 Å². The van der Waals surface area contributed by atoms with Crippen molar-refractivity contribution >= 4 is 9.84 Å². The maximum absolute atomic E-state index is 11.7. The molecular formula is C11H24O2S. The average molecular weight is 220 g/mol. The summed E-state index contributed by atoms with van der Waals surface area (Å²) in [5.41, 5.74) is 0.0801. The summed E-state index contributed by atoms with van der Waals surface area (Å²) in [5.74, 6) is 0.583. The quantitative estimate of drug-likeness (QED) is 0.730. The summed E-state index contributed by atoms with van der Waals surface area (Å²) in [5, 5.41) is -0.251. The van der Waals surface area contributed by atoms with E-state index in [1.165, 1.54) is 0 Å². The summed E-state index contributed by atoms with van der Waals surface area (Å²) >= 11 is 0. The highest BCUT2D eigenvalue weighted by Crippen LogP contribution is 2.30. The molecule has 0 radical (unpaired) electrons. The first-order valence-corrected chi connectivity index (χ1v) is 7.04. The highest BCUT2D eigenvalue weighted by atomic mass is 32.2. The Bertz CT molecular complexity index is 258. The standard InChI is InChI=1S/C11H24O2S/c1-7-10(11(4,5)6)8-14(12,13)9(2)3/h9-10H,7-8H2,1-6H3/t10-/m1/s1. The van der Waals surface area contributed by atoms with E-state index in [-0.39, 0.29) is 16.6 Å². The average Bonchev–Trinajstić information content (AvgIpc) is 1.97. The molecule has 0 amide bonds. The lowest BCUT2D eigenvalue weighted by Crippen LogP contribution is -2.30. The van der Waals surface area contributed by atoms with Crippen LogP contribution < -0.4 is 0 Å². The largest absolute Gasteiger partial charge is 0.229 e. The van der Waals surface area contributed by atoms with E-state index in [4.69, 9.17) is 0 Å². The minimum Gasteiger partial charge on any atom is -0.229 e. The Kier molecular flexibility index (Phi) is 4.63. The van der Waals surface area contributed by atoms with Gasteiger partial charge in [-0.25, -0.2) is 8.42 Å². The van der Waals surface area contributed by atoms with E-state index in [1.54, 1.807) is 13.8 Å². The fourth-order valence-corrected chi connectivity index (χ4v) is 3.13. The van der Waals surface area contributed by atoms with Gasteiger partial charge in [0.05, 0.1) is 11.0 Å². The molecule has 3 heteroatoms. The summed E-state index contributed by atoms with van der Waals surface area (Å²) in [6.07, 6.45) is 0.926. The monoisotopic (exact) mass is 220 g/mol. The summed E-state index contributed by atoms with van der Waals surface area (Å²) < 4.78 is 23.5. The van der Waals surface area contributed by atoms with Crippen LogP contribution in [0.25, 0.3) is 0 Å². The van der Waals surface area contributed by atoms with Gasteiger partial charge < -0.3 is 0 Å². The SMILES string of the molecule is CC[C@H](CS(=O)(=O)C(C)C)C(C)(C)C. The minimum absolute atomic E-state index is 0.0801. The fourth-order valence-electron chi connectivity index (χ4n) is 1.45. The van der Waals surface area contributed by atoms with E-state index in [9.17, 15) is 8.42 Å². The second-order valence-electron chi connectivity index (χ2n) is 5.35. The topological polar surface area (TPSA) is 34.1 Å². The molecule has 2 nitrogen and oxygen atoms in total. The molecule has 0 heterocycles. The van der Waals surface area contributed by atoms with E-state index >= 15 is 0 Å². The Morgan fingerprint density at radius 3 is 1.79 bits per heavy atom. The van der Waals surface area contributed by atoms with Gasteiger partial charge in [0, 0.05) is 0 Å². The Hall–Kier alpha value is -0.0500. The van der Waals surface area contributed by atoms with Crippen LogP contribution >= 0.6 is 0 Å². The summed E-state index contributed by atoms with van der Waals surface area (Å²) in [4.78, 5) is 0. The molecule has 0 bridgehead atoms. The van der Waals surface area contributed by atoms with Gasteiger partial charge in [-0.2, -0.15) is 0 Å². The molecule has 0 spiro atoms. The van der Waals surface area contributed by atoms with Crippen molar-refractivity contribution in [2.45, 2.75) is 53.2 Å². The zero-order valence-electron chi connectivity index (χ0n) is 10.3. The Morgan fingerprint density at radius 1 is 1.14 bits per heavy atom. The van der Waals surface area contributed by atoms with E-state index in [2.05, 4.69) is 27.7 Å². The van der Waals surface area contributed by atoms with Crippen molar-refractivity contribution in [1.82, 2.24) is 0 Å². The second-order valence-corrected chi connectivity index (χ2v) is 7.95. The van der Waals surface area contributed by atoms with E-state index in [0.29, 0.717) is 5.75 Å². The van der Waals surface area contributed by atoms with Crippen LogP contribution in [0, 0.1) is 11.3 Å². The van der Waals surface area contributed by atoms with Crippen molar-refractivity contribution in [2.24, 2.45) is 11.3 Å². The van der Waals surface area contributed by atoms with Gasteiger partial charge >= 0.3 is 0 Å². The first-order valence-electron chi connectivity index (χ1n) is 5.32. The van der Waals surface area contributed by atoms with Crippen LogP contribution in [0.4, 0.5) is 0 Å². The third kappa shape index (κ3) is 3.99. The number of rotatable bonds is 4. The van der Waals surface area contributed by atoms with Gasteiger partial charge in [-0.1, -0.05) is 34.1 Å². The van der Waals surface area contributed by atoms with Gasteiger partial charge in [-0.05, 0) is 25.2 Å². The van der Waals surface area contributed by atoms with Crippen molar-refractivity contribution in [1.29, 1.82) is 0 Å². The van der Waals surface area contributed by atoms with Crippen molar-refractivity contribution in [3.05, 3.63) is 0 Å². The van der Waals surface area contributed by atoms with Crippen LogP contribution in [0.3, 0.4) is 0 Å². The first-order chi connectivity index (χ1) is 6.11. The molecule has 0 unspecified atom stereocenters. The zero-order chi connectivity index (χ0) is 11.6. The molecule has 0 saturated carbocycles. The lowest BCUT2D eigenvalue weighted by molar-refractivity contribution is 0.256. The predicted molar refractivity (Wildman–Crippen MR) is 62.2 cm³/mol. The van der Waals surface area contributed by atoms with Gasteiger partial charge in [-0.15, -0.1) is 0 Å². The van der Waals surface area contributed by atoms with Crippen LogP contribution in [0.1, 0.15) is 48.0 Å². The number of hydrogen-bond acceptors (Lipinski definition) is 2. The maximum Gasteiger partial charge on any atom is 0.152 e. The molecule has 0 aromatic carbocycles. The molecule has 0 fully saturated rings. The molecule has 0 aromatic heterocycles. The van der Waals surface area contributed by atoms with Gasteiger partial charge in [-0.3, -0.25) is 0 Å².